The third kappa shape index (κ3) is 7.84. The maximum Gasteiger partial charge on any atom is -0.0316 e. The van der Waals surface area contributed by atoms with Crippen LogP contribution in [0.1, 0.15) is 45.4 Å². The molecule has 0 amide bonds. The Kier molecular flexibility index (Phi) is 8.64. The largest absolute Gasteiger partial charge is 0.0885 e. The summed E-state index contributed by atoms with van der Waals surface area (Å²) in [4.78, 5) is 0. The minimum atomic E-state index is 0.868. The number of hydrogen-bond acceptors (Lipinski definition) is 0. The molecule has 0 aliphatic rings. The second-order valence-electron chi connectivity index (χ2n) is 3.50. The van der Waals surface area contributed by atoms with Crippen molar-refractivity contribution in [3.8, 4) is 0 Å². The van der Waals surface area contributed by atoms with Gasteiger partial charge in [0.15, 0.2) is 0 Å². The van der Waals surface area contributed by atoms with E-state index in [1.807, 2.05) is 6.08 Å². The van der Waals surface area contributed by atoms with Crippen LogP contribution in [0.5, 0.6) is 0 Å². The zero-order valence-electron chi connectivity index (χ0n) is 8.39. The number of allylic oxidation sites excluding steroid dienone is 2. The fraction of sp³-hybridized carbons (Fsp3) is 0.667. The first-order valence-electron chi connectivity index (χ1n) is 5.04. The van der Waals surface area contributed by atoms with Gasteiger partial charge in [0.05, 0.1) is 0 Å². The molecule has 0 heterocycles. The van der Waals surface area contributed by atoms with Gasteiger partial charge in [0.25, 0.3) is 0 Å². The molecule has 0 N–H and O–H groups in total. The van der Waals surface area contributed by atoms with E-state index in [4.69, 9.17) is 0 Å². The van der Waals surface area contributed by atoms with Crippen LogP contribution >= 0.6 is 0 Å². The van der Waals surface area contributed by atoms with Gasteiger partial charge in [0.2, 0.25) is 0 Å². The molecule has 0 aromatic carbocycles. The molecule has 0 saturated heterocycles. The molecule has 0 rings (SSSR count). The van der Waals surface area contributed by atoms with Crippen molar-refractivity contribution in [2.75, 3.05) is 0 Å². The summed E-state index contributed by atoms with van der Waals surface area (Å²) in [6.07, 6.45) is 11.6. The van der Waals surface area contributed by atoms with E-state index in [1.165, 1.54) is 32.1 Å². The Morgan fingerprint density at radius 2 is 2.00 bits per heavy atom. The molecule has 0 spiro atoms. The van der Waals surface area contributed by atoms with Crippen LogP contribution in [0.25, 0.3) is 0 Å². The maximum atomic E-state index is 3.84. The van der Waals surface area contributed by atoms with Crippen molar-refractivity contribution in [2.24, 2.45) is 5.92 Å². The first-order chi connectivity index (χ1) is 5.81. The lowest BCUT2D eigenvalue weighted by atomic mass is 9.98. The molecule has 1 unspecified atom stereocenters. The standard InChI is InChI=1S/C12H22/c1-4-6-8-10-12(3)11-9-7-5-2/h4,6,12H,1-2,5,7-11H2,3H3/b6-4+. The van der Waals surface area contributed by atoms with Crippen LogP contribution in [0.2, 0.25) is 0 Å². The van der Waals surface area contributed by atoms with Crippen LogP contribution in [-0.4, -0.2) is 0 Å². The lowest BCUT2D eigenvalue weighted by molar-refractivity contribution is 0.470. The minimum Gasteiger partial charge on any atom is -0.0885 e. The Morgan fingerprint density at radius 1 is 1.25 bits per heavy atom. The molecule has 0 aliphatic carbocycles. The van der Waals surface area contributed by atoms with E-state index in [2.05, 4.69) is 26.8 Å². The van der Waals surface area contributed by atoms with Crippen LogP contribution in [0.15, 0.2) is 12.2 Å². The van der Waals surface area contributed by atoms with E-state index in [9.17, 15) is 0 Å². The summed E-state index contributed by atoms with van der Waals surface area (Å²) in [6, 6.07) is 0. The molecule has 0 fully saturated rings. The molecule has 2 radical (unpaired) electrons. The molecule has 70 valence electrons. The Balaban J connectivity index is 3.15. The van der Waals surface area contributed by atoms with Gasteiger partial charge in [-0.25, -0.2) is 0 Å². The van der Waals surface area contributed by atoms with Gasteiger partial charge in [0, 0.05) is 0 Å². The first-order valence-corrected chi connectivity index (χ1v) is 5.04. The third-order valence-electron chi connectivity index (χ3n) is 2.19. The highest BCUT2D eigenvalue weighted by Gasteiger charge is 1.99. The van der Waals surface area contributed by atoms with E-state index < -0.39 is 0 Å². The summed E-state index contributed by atoms with van der Waals surface area (Å²) in [5.41, 5.74) is 0. The van der Waals surface area contributed by atoms with E-state index in [0.29, 0.717) is 0 Å². The van der Waals surface area contributed by atoms with Crippen LogP contribution in [-0.2, 0) is 0 Å². The fourth-order valence-corrected chi connectivity index (χ4v) is 1.31. The van der Waals surface area contributed by atoms with E-state index in [1.54, 1.807) is 0 Å². The highest BCUT2D eigenvalue weighted by atomic mass is 14.0. The summed E-state index contributed by atoms with van der Waals surface area (Å²) in [7, 11) is 0. The van der Waals surface area contributed by atoms with E-state index >= 15 is 0 Å². The second-order valence-corrected chi connectivity index (χ2v) is 3.50. The van der Waals surface area contributed by atoms with Crippen LogP contribution in [0.3, 0.4) is 0 Å². The van der Waals surface area contributed by atoms with Gasteiger partial charge in [-0.05, 0) is 25.7 Å². The minimum absolute atomic E-state index is 0.868. The normalized spacial score (nSPS) is 13.9. The third-order valence-corrected chi connectivity index (χ3v) is 2.19. The molecular weight excluding hydrogens is 144 g/mol. The SMILES string of the molecule is [CH2]/C=C/CCC(C)CCCC[CH2]. The average Bonchev–Trinajstić information content (AvgIpc) is 2.06. The molecule has 12 heavy (non-hydrogen) atoms. The molecule has 0 nitrogen and oxygen atoms in total. The van der Waals surface area contributed by atoms with Crippen LogP contribution < -0.4 is 0 Å². The van der Waals surface area contributed by atoms with Gasteiger partial charge in [-0.3, -0.25) is 0 Å². The van der Waals surface area contributed by atoms with Crippen molar-refractivity contribution >= 4 is 0 Å². The number of rotatable bonds is 7. The highest BCUT2D eigenvalue weighted by molar-refractivity contribution is 4.83. The van der Waals surface area contributed by atoms with Crippen molar-refractivity contribution in [2.45, 2.75) is 45.4 Å². The lowest BCUT2D eigenvalue weighted by Crippen LogP contribution is -1.93. The topological polar surface area (TPSA) is 0 Å². The fourth-order valence-electron chi connectivity index (χ4n) is 1.31. The van der Waals surface area contributed by atoms with Crippen molar-refractivity contribution < 1.29 is 0 Å². The van der Waals surface area contributed by atoms with Crippen molar-refractivity contribution in [3.63, 3.8) is 0 Å². The van der Waals surface area contributed by atoms with Gasteiger partial charge >= 0.3 is 0 Å². The van der Waals surface area contributed by atoms with Crippen molar-refractivity contribution in [1.29, 1.82) is 0 Å². The number of unbranched alkanes of at least 4 members (excludes halogenated alkanes) is 2. The number of hydrogen-bond donors (Lipinski definition) is 0. The summed E-state index contributed by atoms with van der Waals surface area (Å²) in [6.45, 7) is 9.84. The smallest absolute Gasteiger partial charge is 0.0316 e. The molecule has 1 atom stereocenters. The van der Waals surface area contributed by atoms with E-state index in [0.717, 1.165) is 12.3 Å². The highest BCUT2D eigenvalue weighted by Crippen LogP contribution is 2.14. The lowest BCUT2D eigenvalue weighted by Gasteiger charge is -2.08. The maximum absolute atomic E-state index is 3.84. The van der Waals surface area contributed by atoms with Gasteiger partial charge < -0.3 is 0 Å². The Bertz CT molecular complexity index is 103. The van der Waals surface area contributed by atoms with Crippen molar-refractivity contribution in [3.05, 3.63) is 26.0 Å². The molecule has 0 saturated carbocycles. The van der Waals surface area contributed by atoms with Crippen LogP contribution in [0, 0.1) is 19.8 Å². The molecule has 0 bridgehead atoms. The quantitative estimate of drug-likeness (QED) is 0.497. The molecule has 0 heteroatoms. The van der Waals surface area contributed by atoms with Gasteiger partial charge in [-0.15, -0.1) is 0 Å². The molecule has 0 aliphatic heterocycles. The monoisotopic (exact) mass is 166 g/mol. The van der Waals surface area contributed by atoms with Crippen molar-refractivity contribution in [1.82, 2.24) is 0 Å². The first kappa shape index (κ1) is 11.7. The zero-order chi connectivity index (χ0) is 9.23. The van der Waals surface area contributed by atoms with E-state index in [-0.39, 0.29) is 0 Å². The second kappa shape index (κ2) is 8.83. The summed E-state index contributed by atoms with van der Waals surface area (Å²) in [5.74, 6) is 0.868. The Labute approximate surface area is 78.1 Å². The van der Waals surface area contributed by atoms with Gasteiger partial charge in [-0.1, -0.05) is 51.7 Å². The average molecular weight is 166 g/mol. The zero-order valence-corrected chi connectivity index (χ0v) is 8.39. The van der Waals surface area contributed by atoms with Gasteiger partial charge in [0.1, 0.15) is 0 Å². The Morgan fingerprint density at radius 3 is 2.58 bits per heavy atom. The predicted molar refractivity (Wildman–Crippen MR) is 56.7 cm³/mol. The Hall–Kier alpha value is -0.260. The summed E-state index contributed by atoms with van der Waals surface area (Å²) >= 11 is 0. The molecular formula is C12H22. The molecule has 0 aromatic rings. The summed E-state index contributed by atoms with van der Waals surface area (Å²) < 4.78 is 0. The molecule has 0 aromatic heterocycles. The predicted octanol–water partition coefficient (Wildman–Crippen LogP) is 4.19. The van der Waals surface area contributed by atoms with Crippen LogP contribution in [0.4, 0.5) is 0 Å². The summed E-state index contributed by atoms with van der Waals surface area (Å²) in [5, 5.41) is 0. The van der Waals surface area contributed by atoms with Gasteiger partial charge in [-0.2, -0.15) is 0 Å².